The number of hydrogen-bond acceptors (Lipinski definition) is 0. The molecule has 0 fully saturated rings. The van der Waals surface area contributed by atoms with Crippen LogP contribution in [0, 0.1) is 0 Å². The van der Waals surface area contributed by atoms with Gasteiger partial charge in [0.15, 0.2) is 0 Å². The van der Waals surface area contributed by atoms with Crippen molar-refractivity contribution in [3.05, 3.63) is 31.4 Å². The van der Waals surface area contributed by atoms with E-state index in [0.29, 0.717) is 0 Å². The molecule has 3 heteroatoms. The van der Waals surface area contributed by atoms with Crippen LogP contribution < -0.4 is 17.0 Å². The van der Waals surface area contributed by atoms with E-state index in [0.717, 1.165) is 0 Å². The fourth-order valence-electron chi connectivity index (χ4n) is 0.753. The van der Waals surface area contributed by atoms with Gasteiger partial charge >= 0.3 is 0 Å². The Labute approximate surface area is 72.9 Å². The van der Waals surface area contributed by atoms with Crippen LogP contribution in [0.5, 0.6) is 0 Å². The Kier molecular flexibility index (Phi) is 4.30. The second-order valence-electron chi connectivity index (χ2n) is 1.97. The molecule has 0 aliphatic heterocycles. The van der Waals surface area contributed by atoms with E-state index in [4.69, 9.17) is 0 Å². The van der Waals surface area contributed by atoms with Gasteiger partial charge in [0.2, 0.25) is 0 Å². The zero-order valence-corrected chi connectivity index (χ0v) is 7.20. The average Bonchev–Trinajstić information content (AvgIpc) is 2.37. The zero-order chi connectivity index (χ0) is 7.40. The lowest BCUT2D eigenvalue weighted by Gasteiger charge is -1.78. The molecule has 11 heavy (non-hydrogen) atoms. The molecule has 1 aromatic heterocycles. The minimum atomic E-state index is 0. The van der Waals surface area contributed by atoms with Gasteiger partial charge in [0.25, 0.3) is 6.33 Å². The molecule has 0 bridgehead atoms. The molecule has 0 saturated heterocycles. The molecule has 0 amide bonds. The maximum atomic E-state index is 3.63. The minimum absolute atomic E-state index is 0. The van der Waals surface area contributed by atoms with Crippen molar-refractivity contribution in [3.63, 3.8) is 0 Å². The molecule has 0 atom stereocenters. The molecule has 1 heterocycles. The highest BCUT2D eigenvalue weighted by atomic mass is 35.5. The summed E-state index contributed by atoms with van der Waals surface area (Å²) in [4.78, 5) is 0. The van der Waals surface area contributed by atoms with Gasteiger partial charge in [-0.15, -0.1) is 0 Å². The standard InChI is InChI=1S/C8H11N2.ClH/c1-3-5-10-7-6-9(4-2)8-10;/h3-8H,2H2,1H3;1H/q+1;/p-1. The Morgan fingerprint density at radius 1 is 1.55 bits per heavy atom. The molecule has 0 spiro atoms. The Morgan fingerprint density at radius 3 is 2.73 bits per heavy atom. The highest BCUT2D eigenvalue weighted by Crippen LogP contribution is 1.82. The van der Waals surface area contributed by atoms with Gasteiger partial charge in [-0.3, -0.25) is 0 Å². The van der Waals surface area contributed by atoms with Gasteiger partial charge < -0.3 is 12.4 Å². The molecular weight excluding hydrogens is 160 g/mol. The summed E-state index contributed by atoms with van der Waals surface area (Å²) in [5.41, 5.74) is 0. The lowest BCUT2D eigenvalue weighted by molar-refractivity contribution is -0.567. The van der Waals surface area contributed by atoms with Crippen molar-refractivity contribution in [2.45, 2.75) is 6.92 Å². The van der Waals surface area contributed by atoms with E-state index < -0.39 is 0 Å². The van der Waals surface area contributed by atoms with Crippen molar-refractivity contribution >= 4 is 12.4 Å². The minimum Gasteiger partial charge on any atom is -1.00 e. The number of halogens is 1. The molecule has 0 aliphatic carbocycles. The molecule has 2 nitrogen and oxygen atoms in total. The fourth-order valence-corrected chi connectivity index (χ4v) is 0.753. The van der Waals surface area contributed by atoms with Crippen molar-refractivity contribution in [2.24, 2.45) is 0 Å². The summed E-state index contributed by atoms with van der Waals surface area (Å²) in [6.45, 7) is 5.61. The third kappa shape index (κ3) is 2.60. The molecule has 0 unspecified atom stereocenters. The van der Waals surface area contributed by atoms with Crippen LogP contribution in [0.2, 0.25) is 0 Å². The predicted molar refractivity (Wildman–Crippen MR) is 42.0 cm³/mol. The van der Waals surface area contributed by atoms with E-state index >= 15 is 0 Å². The Bertz CT molecular complexity index is 250. The van der Waals surface area contributed by atoms with Crippen LogP contribution in [-0.2, 0) is 0 Å². The molecular formula is C8H11ClN2. The van der Waals surface area contributed by atoms with Gasteiger partial charge in [0, 0.05) is 0 Å². The fraction of sp³-hybridized carbons (Fsp3) is 0.125. The second kappa shape index (κ2) is 4.74. The number of allylic oxidation sites excluding steroid dienone is 1. The average molecular weight is 171 g/mol. The quantitative estimate of drug-likeness (QED) is 0.472. The first-order valence-electron chi connectivity index (χ1n) is 3.20. The molecule has 0 aliphatic rings. The number of rotatable bonds is 2. The molecule has 1 rings (SSSR count). The van der Waals surface area contributed by atoms with Crippen molar-refractivity contribution in [2.75, 3.05) is 0 Å². The first-order valence-corrected chi connectivity index (χ1v) is 3.20. The lowest BCUT2D eigenvalue weighted by atomic mass is 10.7. The molecule has 1 aromatic rings. The van der Waals surface area contributed by atoms with Crippen molar-refractivity contribution in [3.8, 4) is 0 Å². The van der Waals surface area contributed by atoms with Crippen LogP contribution >= 0.6 is 0 Å². The second-order valence-corrected chi connectivity index (χ2v) is 1.97. The summed E-state index contributed by atoms with van der Waals surface area (Å²) in [5.74, 6) is 0. The van der Waals surface area contributed by atoms with Crippen LogP contribution in [0.3, 0.4) is 0 Å². The number of nitrogens with zero attached hydrogens (tertiary/aromatic N) is 2. The number of hydrogen-bond donors (Lipinski definition) is 0. The third-order valence-corrected chi connectivity index (χ3v) is 1.21. The van der Waals surface area contributed by atoms with Crippen molar-refractivity contribution in [1.29, 1.82) is 0 Å². The van der Waals surface area contributed by atoms with Crippen LogP contribution in [0.4, 0.5) is 0 Å². The van der Waals surface area contributed by atoms with E-state index in [1.165, 1.54) is 0 Å². The lowest BCUT2D eigenvalue weighted by Crippen LogP contribution is -3.00. The number of aromatic nitrogens is 2. The smallest absolute Gasteiger partial charge is 0.253 e. The van der Waals surface area contributed by atoms with E-state index in [9.17, 15) is 0 Å². The van der Waals surface area contributed by atoms with Gasteiger partial charge in [-0.1, -0.05) is 6.58 Å². The first-order chi connectivity index (χ1) is 4.86. The maximum Gasteiger partial charge on any atom is 0.253 e. The van der Waals surface area contributed by atoms with Gasteiger partial charge in [-0.25, -0.2) is 9.13 Å². The SMILES string of the molecule is C=Cn1cc[n+](C=CC)c1.[Cl-]. The molecule has 60 valence electrons. The Balaban J connectivity index is 0.000001000. The summed E-state index contributed by atoms with van der Waals surface area (Å²) < 4.78 is 3.85. The highest BCUT2D eigenvalue weighted by molar-refractivity contribution is 5.14. The van der Waals surface area contributed by atoms with Crippen LogP contribution in [0.25, 0.3) is 12.4 Å². The topological polar surface area (TPSA) is 8.81 Å². The maximum absolute atomic E-state index is 3.63. The molecule has 0 aromatic carbocycles. The van der Waals surface area contributed by atoms with Gasteiger partial charge in [-0.05, 0) is 13.0 Å². The van der Waals surface area contributed by atoms with Gasteiger partial charge in [0.05, 0.1) is 12.4 Å². The van der Waals surface area contributed by atoms with Crippen LogP contribution in [0.15, 0.2) is 31.4 Å². The normalized spacial score (nSPS) is 9.55. The monoisotopic (exact) mass is 170 g/mol. The summed E-state index contributed by atoms with van der Waals surface area (Å²) in [7, 11) is 0. The van der Waals surface area contributed by atoms with E-state index in [-0.39, 0.29) is 12.4 Å². The van der Waals surface area contributed by atoms with Gasteiger partial charge in [0.1, 0.15) is 12.4 Å². The van der Waals surface area contributed by atoms with E-state index in [1.807, 2.05) is 47.1 Å². The predicted octanol–water partition coefficient (Wildman–Crippen LogP) is -1.63. The first kappa shape index (κ1) is 9.98. The highest BCUT2D eigenvalue weighted by Gasteiger charge is 1.93. The van der Waals surface area contributed by atoms with E-state index in [2.05, 4.69) is 6.58 Å². The van der Waals surface area contributed by atoms with Crippen molar-refractivity contribution in [1.82, 2.24) is 4.57 Å². The zero-order valence-electron chi connectivity index (χ0n) is 6.44. The van der Waals surface area contributed by atoms with Crippen LogP contribution in [0.1, 0.15) is 6.92 Å². The Morgan fingerprint density at radius 2 is 2.27 bits per heavy atom. The summed E-state index contributed by atoms with van der Waals surface area (Å²) in [6, 6.07) is 0. The van der Waals surface area contributed by atoms with Crippen LogP contribution in [-0.4, -0.2) is 4.57 Å². The molecule has 0 N–H and O–H groups in total. The Hall–Kier alpha value is -1.02. The summed E-state index contributed by atoms with van der Waals surface area (Å²) in [5, 5.41) is 0. The summed E-state index contributed by atoms with van der Waals surface area (Å²) >= 11 is 0. The molecule has 0 saturated carbocycles. The largest absolute Gasteiger partial charge is 1.00 e. The van der Waals surface area contributed by atoms with Crippen molar-refractivity contribution < 1.29 is 17.0 Å². The third-order valence-electron chi connectivity index (χ3n) is 1.21. The number of imidazole rings is 1. The molecule has 0 radical (unpaired) electrons. The summed E-state index contributed by atoms with van der Waals surface area (Å²) in [6.07, 6.45) is 11.5. The van der Waals surface area contributed by atoms with Gasteiger partial charge in [-0.2, -0.15) is 0 Å². The van der Waals surface area contributed by atoms with E-state index in [1.54, 1.807) is 6.20 Å².